The number of benzene rings is 1. The number of thioether (sulfide) groups is 1. The monoisotopic (exact) mass is 398 g/mol. The first-order valence-electron chi connectivity index (χ1n) is 9.09. The summed E-state index contributed by atoms with van der Waals surface area (Å²) in [5.74, 6) is -0.619. The van der Waals surface area contributed by atoms with Gasteiger partial charge in [0.05, 0.1) is 17.1 Å². The van der Waals surface area contributed by atoms with E-state index in [0.717, 1.165) is 34.4 Å². The highest BCUT2D eigenvalue weighted by Gasteiger charge is 2.33. The van der Waals surface area contributed by atoms with Crippen molar-refractivity contribution in [3.05, 3.63) is 57.8 Å². The molecule has 2 amide bonds. The van der Waals surface area contributed by atoms with Crippen LogP contribution in [0.2, 0.25) is 0 Å². The minimum Gasteiger partial charge on any atom is -0.462 e. The summed E-state index contributed by atoms with van der Waals surface area (Å²) in [6.45, 7) is 8.14. The number of rotatable bonds is 5. The molecule has 0 unspecified atom stereocenters. The SMILES string of the molecule is CCOC(=O)c1cccc(-n2c(C)cc(C=C3SC(=O)N(CC)C3=O)c2C)c1. The van der Waals surface area contributed by atoms with E-state index in [2.05, 4.69) is 0 Å². The molecule has 1 aliphatic heterocycles. The van der Waals surface area contributed by atoms with Gasteiger partial charge in [0.1, 0.15) is 0 Å². The van der Waals surface area contributed by atoms with Gasteiger partial charge < -0.3 is 9.30 Å². The Labute approximate surface area is 168 Å². The maximum atomic E-state index is 12.4. The van der Waals surface area contributed by atoms with Crippen LogP contribution in [0, 0.1) is 13.8 Å². The fourth-order valence-corrected chi connectivity index (χ4v) is 4.13. The van der Waals surface area contributed by atoms with E-state index < -0.39 is 0 Å². The number of hydrogen-bond acceptors (Lipinski definition) is 5. The Morgan fingerprint density at radius 2 is 1.93 bits per heavy atom. The number of aryl methyl sites for hydroxylation is 1. The molecule has 6 nitrogen and oxygen atoms in total. The number of hydrogen-bond donors (Lipinski definition) is 0. The van der Waals surface area contributed by atoms with E-state index in [1.54, 1.807) is 32.1 Å². The second kappa shape index (κ2) is 8.06. The van der Waals surface area contributed by atoms with Crippen LogP contribution in [0.25, 0.3) is 11.8 Å². The Hall–Kier alpha value is -2.80. The van der Waals surface area contributed by atoms with E-state index in [1.807, 2.05) is 36.6 Å². The molecule has 0 saturated carbocycles. The van der Waals surface area contributed by atoms with Gasteiger partial charge in [-0.3, -0.25) is 14.5 Å². The molecule has 146 valence electrons. The van der Waals surface area contributed by atoms with Crippen molar-refractivity contribution in [2.75, 3.05) is 13.2 Å². The fraction of sp³-hybridized carbons (Fsp3) is 0.286. The average molecular weight is 398 g/mol. The Bertz CT molecular complexity index is 990. The molecule has 3 rings (SSSR count). The summed E-state index contributed by atoms with van der Waals surface area (Å²) in [5, 5.41) is -0.241. The van der Waals surface area contributed by atoms with Crippen LogP contribution in [0.1, 0.15) is 41.2 Å². The number of carbonyl (C=O) groups is 3. The van der Waals surface area contributed by atoms with Gasteiger partial charge in [0.25, 0.3) is 11.1 Å². The van der Waals surface area contributed by atoms with Crippen LogP contribution >= 0.6 is 11.8 Å². The quantitative estimate of drug-likeness (QED) is 0.554. The zero-order chi connectivity index (χ0) is 20.4. The number of carbonyl (C=O) groups excluding carboxylic acids is 3. The van der Waals surface area contributed by atoms with Gasteiger partial charge in [-0.2, -0.15) is 0 Å². The standard InChI is InChI=1S/C21H22N2O4S/c1-5-22-19(24)18(28-21(22)26)12-16-10-13(3)23(14(16)4)17-9-7-8-15(11-17)20(25)27-6-2/h7-12H,5-6H2,1-4H3. The lowest BCUT2D eigenvalue weighted by molar-refractivity contribution is -0.122. The molecule has 1 aliphatic rings. The number of likely N-dealkylation sites (N-methyl/N-ethyl adjacent to an activating group) is 1. The lowest BCUT2D eigenvalue weighted by atomic mass is 10.2. The van der Waals surface area contributed by atoms with E-state index in [9.17, 15) is 14.4 Å². The molecular weight excluding hydrogens is 376 g/mol. The van der Waals surface area contributed by atoms with E-state index in [-0.39, 0.29) is 17.1 Å². The summed E-state index contributed by atoms with van der Waals surface area (Å²) in [4.78, 5) is 38.0. The lowest BCUT2D eigenvalue weighted by Crippen LogP contribution is -2.27. The second-order valence-corrected chi connectivity index (χ2v) is 7.35. The predicted octanol–water partition coefficient (Wildman–Crippen LogP) is 4.33. The number of amides is 2. The molecule has 7 heteroatoms. The van der Waals surface area contributed by atoms with Crippen LogP contribution in [-0.4, -0.2) is 39.7 Å². The molecule has 1 aromatic carbocycles. The molecule has 1 aromatic heterocycles. The van der Waals surface area contributed by atoms with Crippen molar-refractivity contribution in [1.82, 2.24) is 9.47 Å². The van der Waals surface area contributed by atoms with Crippen molar-refractivity contribution in [2.45, 2.75) is 27.7 Å². The number of imide groups is 1. The lowest BCUT2D eigenvalue weighted by Gasteiger charge is -2.11. The minimum atomic E-state index is -0.361. The number of ether oxygens (including phenoxy) is 1. The molecule has 0 N–H and O–H groups in total. The van der Waals surface area contributed by atoms with Gasteiger partial charge in [0.15, 0.2) is 0 Å². The van der Waals surface area contributed by atoms with Crippen molar-refractivity contribution >= 4 is 35.0 Å². The maximum absolute atomic E-state index is 12.4. The molecule has 0 atom stereocenters. The summed E-state index contributed by atoms with van der Waals surface area (Å²) in [6.07, 6.45) is 1.76. The molecule has 0 spiro atoms. The van der Waals surface area contributed by atoms with E-state index >= 15 is 0 Å². The first-order valence-corrected chi connectivity index (χ1v) is 9.90. The summed E-state index contributed by atoms with van der Waals surface area (Å²) in [6, 6.07) is 9.20. The van der Waals surface area contributed by atoms with E-state index in [4.69, 9.17) is 4.74 Å². The van der Waals surface area contributed by atoms with Gasteiger partial charge >= 0.3 is 5.97 Å². The Morgan fingerprint density at radius 1 is 1.18 bits per heavy atom. The fourth-order valence-electron chi connectivity index (χ4n) is 3.23. The average Bonchev–Trinajstić information content (AvgIpc) is 3.10. The molecule has 28 heavy (non-hydrogen) atoms. The van der Waals surface area contributed by atoms with Crippen LogP contribution in [0.3, 0.4) is 0 Å². The van der Waals surface area contributed by atoms with Crippen LogP contribution < -0.4 is 0 Å². The Morgan fingerprint density at radius 3 is 2.57 bits per heavy atom. The third-order valence-corrected chi connectivity index (χ3v) is 5.47. The highest BCUT2D eigenvalue weighted by atomic mass is 32.2. The zero-order valence-corrected chi connectivity index (χ0v) is 17.1. The number of nitrogens with zero attached hydrogens (tertiary/aromatic N) is 2. The van der Waals surface area contributed by atoms with Gasteiger partial charge in [0, 0.05) is 23.6 Å². The summed E-state index contributed by atoms with van der Waals surface area (Å²) < 4.78 is 7.09. The van der Waals surface area contributed by atoms with Crippen molar-refractivity contribution in [3.8, 4) is 5.69 Å². The van der Waals surface area contributed by atoms with Crippen LogP contribution in [0.5, 0.6) is 0 Å². The van der Waals surface area contributed by atoms with Gasteiger partial charge in [0.2, 0.25) is 0 Å². The Kier molecular flexibility index (Phi) is 5.74. The molecular formula is C21H22N2O4S. The van der Waals surface area contributed by atoms with Crippen LogP contribution in [0.4, 0.5) is 4.79 Å². The largest absolute Gasteiger partial charge is 0.462 e. The van der Waals surface area contributed by atoms with Gasteiger partial charge in [-0.1, -0.05) is 6.07 Å². The first-order chi connectivity index (χ1) is 13.4. The third-order valence-electron chi connectivity index (χ3n) is 4.56. The summed E-state index contributed by atoms with van der Waals surface area (Å²) in [5.41, 5.74) is 4.06. The summed E-state index contributed by atoms with van der Waals surface area (Å²) >= 11 is 0.961. The zero-order valence-electron chi connectivity index (χ0n) is 16.3. The predicted molar refractivity (Wildman–Crippen MR) is 110 cm³/mol. The van der Waals surface area contributed by atoms with Crippen molar-refractivity contribution < 1.29 is 19.1 Å². The van der Waals surface area contributed by atoms with Crippen LogP contribution in [0.15, 0.2) is 35.2 Å². The molecule has 2 aromatic rings. The van der Waals surface area contributed by atoms with Gasteiger partial charge in [-0.25, -0.2) is 4.79 Å². The molecule has 0 radical (unpaired) electrons. The smallest absolute Gasteiger partial charge is 0.338 e. The molecule has 0 aliphatic carbocycles. The second-order valence-electron chi connectivity index (χ2n) is 6.36. The molecule has 2 heterocycles. The number of aromatic nitrogens is 1. The maximum Gasteiger partial charge on any atom is 0.338 e. The third kappa shape index (κ3) is 3.62. The van der Waals surface area contributed by atoms with Crippen molar-refractivity contribution in [3.63, 3.8) is 0 Å². The van der Waals surface area contributed by atoms with Crippen LogP contribution in [-0.2, 0) is 9.53 Å². The highest BCUT2D eigenvalue weighted by molar-refractivity contribution is 8.18. The van der Waals surface area contributed by atoms with E-state index in [1.165, 1.54) is 4.90 Å². The molecule has 1 saturated heterocycles. The Balaban J connectivity index is 1.99. The first kappa shape index (κ1) is 19.9. The van der Waals surface area contributed by atoms with Crippen molar-refractivity contribution in [2.24, 2.45) is 0 Å². The highest BCUT2D eigenvalue weighted by Crippen LogP contribution is 2.33. The van der Waals surface area contributed by atoms with E-state index in [0.29, 0.717) is 23.6 Å². The normalized spacial score (nSPS) is 15.6. The van der Waals surface area contributed by atoms with Gasteiger partial charge in [-0.05, 0) is 75.4 Å². The number of esters is 1. The minimum absolute atomic E-state index is 0.241. The topological polar surface area (TPSA) is 68.6 Å². The molecule has 1 fully saturated rings. The molecule has 0 bridgehead atoms. The van der Waals surface area contributed by atoms with Gasteiger partial charge in [-0.15, -0.1) is 0 Å². The summed E-state index contributed by atoms with van der Waals surface area (Å²) in [7, 11) is 0. The van der Waals surface area contributed by atoms with Crippen molar-refractivity contribution in [1.29, 1.82) is 0 Å².